The third-order valence-electron chi connectivity index (χ3n) is 5.08. The number of thiophene rings is 1. The third-order valence-corrected chi connectivity index (χ3v) is 6.33. The van der Waals surface area contributed by atoms with Gasteiger partial charge in [-0.3, -0.25) is 0 Å². The summed E-state index contributed by atoms with van der Waals surface area (Å²) in [5.41, 5.74) is 0. The molecule has 0 spiro atoms. The van der Waals surface area contributed by atoms with E-state index in [1.54, 1.807) is 0 Å². The molecule has 1 aliphatic rings. The van der Waals surface area contributed by atoms with Gasteiger partial charge in [0, 0.05) is 9.75 Å². The van der Waals surface area contributed by atoms with Gasteiger partial charge < -0.3 is 5.11 Å². The Labute approximate surface area is 141 Å². The van der Waals surface area contributed by atoms with Crippen molar-refractivity contribution in [2.24, 2.45) is 5.92 Å². The van der Waals surface area contributed by atoms with E-state index < -0.39 is 0 Å². The zero-order valence-corrected chi connectivity index (χ0v) is 15.2. The number of hydrogen-bond donors (Lipinski definition) is 1. The predicted octanol–water partition coefficient (Wildman–Crippen LogP) is 6.65. The minimum Gasteiger partial charge on any atom is -0.388 e. The van der Waals surface area contributed by atoms with Crippen molar-refractivity contribution in [2.45, 2.75) is 96.5 Å². The Hall–Kier alpha value is -0.340. The van der Waals surface area contributed by atoms with Crippen LogP contribution in [0.1, 0.15) is 99.8 Å². The van der Waals surface area contributed by atoms with Crippen molar-refractivity contribution in [1.29, 1.82) is 0 Å². The van der Waals surface area contributed by atoms with Crippen LogP contribution in [0.25, 0.3) is 0 Å². The van der Waals surface area contributed by atoms with Gasteiger partial charge in [-0.15, -0.1) is 11.3 Å². The summed E-state index contributed by atoms with van der Waals surface area (Å²) in [5.74, 6) is 1.05. The molecule has 0 aromatic carbocycles. The Morgan fingerprint density at radius 3 is 2.64 bits per heavy atom. The van der Waals surface area contributed by atoms with E-state index in [-0.39, 0.29) is 6.10 Å². The zero-order valence-electron chi connectivity index (χ0n) is 14.4. The van der Waals surface area contributed by atoms with Gasteiger partial charge in [0.15, 0.2) is 0 Å². The van der Waals surface area contributed by atoms with Crippen LogP contribution in [-0.4, -0.2) is 5.11 Å². The molecule has 0 bridgehead atoms. The van der Waals surface area contributed by atoms with E-state index in [0.717, 1.165) is 23.6 Å². The van der Waals surface area contributed by atoms with Crippen LogP contribution < -0.4 is 0 Å². The summed E-state index contributed by atoms with van der Waals surface area (Å²) in [6, 6.07) is 4.35. The minimum absolute atomic E-state index is 0.237. The summed E-state index contributed by atoms with van der Waals surface area (Å²) >= 11 is 1.82. The van der Waals surface area contributed by atoms with Crippen LogP contribution >= 0.6 is 11.3 Å². The number of aliphatic hydroxyl groups is 1. The van der Waals surface area contributed by atoms with Gasteiger partial charge in [-0.1, -0.05) is 71.1 Å². The molecule has 1 N–H and O–H groups in total. The SMILES string of the molecule is CCCC(O)c1ccc(CCCCCCC2CCCCC2)s1. The van der Waals surface area contributed by atoms with E-state index in [2.05, 4.69) is 19.1 Å². The second-order valence-corrected chi connectivity index (χ2v) is 8.27. The molecule has 1 aromatic rings. The monoisotopic (exact) mass is 322 g/mol. The van der Waals surface area contributed by atoms with Crippen molar-refractivity contribution in [2.75, 3.05) is 0 Å². The number of unbranched alkanes of at least 4 members (excludes halogenated alkanes) is 3. The highest BCUT2D eigenvalue weighted by atomic mass is 32.1. The van der Waals surface area contributed by atoms with Crippen molar-refractivity contribution in [3.05, 3.63) is 21.9 Å². The molecule has 22 heavy (non-hydrogen) atoms. The fourth-order valence-corrected chi connectivity index (χ4v) is 4.76. The molecule has 0 radical (unpaired) electrons. The molecule has 1 nitrogen and oxygen atoms in total. The molecular formula is C20H34OS. The molecule has 2 rings (SSSR count). The van der Waals surface area contributed by atoms with E-state index in [4.69, 9.17) is 0 Å². The summed E-state index contributed by atoms with van der Waals surface area (Å²) < 4.78 is 0. The maximum Gasteiger partial charge on any atom is 0.0882 e. The average Bonchev–Trinajstić information content (AvgIpc) is 3.01. The van der Waals surface area contributed by atoms with Gasteiger partial charge in [-0.05, 0) is 37.3 Å². The highest BCUT2D eigenvalue weighted by Gasteiger charge is 2.12. The molecule has 1 saturated carbocycles. The number of hydrogen-bond acceptors (Lipinski definition) is 2. The van der Waals surface area contributed by atoms with E-state index in [9.17, 15) is 5.11 Å². The number of rotatable bonds is 10. The first-order chi connectivity index (χ1) is 10.8. The lowest BCUT2D eigenvalue weighted by molar-refractivity contribution is 0.170. The lowest BCUT2D eigenvalue weighted by Crippen LogP contribution is -2.05. The largest absolute Gasteiger partial charge is 0.388 e. The number of aliphatic hydroxyl groups excluding tert-OH is 1. The quantitative estimate of drug-likeness (QED) is 0.478. The van der Waals surface area contributed by atoms with Crippen molar-refractivity contribution >= 4 is 11.3 Å². The molecule has 1 fully saturated rings. The van der Waals surface area contributed by atoms with Gasteiger partial charge >= 0.3 is 0 Å². The molecule has 0 saturated heterocycles. The molecule has 1 unspecified atom stereocenters. The first-order valence-corrected chi connectivity index (χ1v) is 10.4. The van der Waals surface area contributed by atoms with Crippen molar-refractivity contribution in [1.82, 2.24) is 0 Å². The summed E-state index contributed by atoms with van der Waals surface area (Å²) in [6.45, 7) is 2.13. The van der Waals surface area contributed by atoms with Crippen LogP contribution in [0.15, 0.2) is 12.1 Å². The molecule has 126 valence electrons. The highest BCUT2D eigenvalue weighted by molar-refractivity contribution is 7.12. The Kier molecular flexibility index (Phi) is 8.54. The van der Waals surface area contributed by atoms with Crippen LogP contribution in [0.4, 0.5) is 0 Å². The van der Waals surface area contributed by atoms with Gasteiger partial charge in [0.1, 0.15) is 0 Å². The molecule has 2 heteroatoms. The first-order valence-electron chi connectivity index (χ1n) is 9.56. The van der Waals surface area contributed by atoms with E-state index >= 15 is 0 Å². The Bertz CT molecular complexity index is 392. The lowest BCUT2D eigenvalue weighted by atomic mass is 9.85. The minimum atomic E-state index is -0.237. The molecule has 1 atom stereocenters. The fraction of sp³-hybridized carbons (Fsp3) is 0.800. The lowest BCUT2D eigenvalue weighted by Gasteiger charge is -2.21. The summed E-state index contributed by atoms with van der Waals surface area (Å²) in [7, 11) is 0. The van der Waals surface area contributed by atoms with Crippen LogP contribution in [0.5, 0.6) is 0 Å². The zero-order chi connectivity index (χ0) is 15.6. The summed E-state index contributed by atoms with van der Waals surface area (Å²) in [6.07, 6.45) is 17.4. The van der Waals surface area contributed by atoms with Gasteiger partial charge in [-0.2, -0.15) is 0 Å². The third kappa shape index (κ3) is 6.42. The van der Waals surface area contributed by atoms with E-state index in [1.807, 2.05) is 11.3 Å². The maximum absolute atomic E-state index is 10.0. The van der Waals surface area contributed by atoms with Crippen molar-refractivity contribution in [3.63, 3.8) is 0 Å². The van der Waals surface area contributed by atoms with Gasteiger partial charge in [0.2, 0.25) is 0 Å². The van der Waals surface area contributed by atoms with Gasteiger partial charge in [0.05, 0.1) is 6.10 Å². The van der Waals surface area contributed by atoms with Gasteiger partial charge in [0.25, 0.3) is 0 Å². The topological polar surface area (TPSA) is 20.2 Å². The molecule has 1 heterocycles. The Morgan fingerprint density at radius 1 is 1.09 bits per heavy atom. The molecular weight excluding hydrogens is 288 g/mol. The highest BCUT2D eigenvalue weighted by Crippen LogP contribution is 2.29. The Morgan fingerprint density at radius 2 is 1.86 bits per heavy atom. The smallest absolute Gasteiger partial charge is 0.0882 e. The standard InChI is InChI=1S/C20H34OS/c1-2-10-19(21)20-16-15-18(22-20)14-9-4-3-6-11-17-12-7-5-8-13-17/h15-17,19,21H,2-14H2,1H3. The molecule has 0 amide bonds. The van der Waals surface area contributed by atoms with Crippen LogP contribution in [0.3, 0.4) is 0 Å². The second kappa shape index (κ2) is 10.4. The molecule has 1 aromatic heterocycles. The average molecular weight is 323 g/mol. The van der Waals surface area contributed by atoms with Crippen LogP contribution in [0, 0.1) is 5.92 Å². The van der Waals surface area contributed by atoms with Crippen LogP contribution in [-0.2, 0) is 6.42 Å². The fourth-order valence-electron chi connectivity index (χ4n) is 3.69. The molecule has 1 aliphatic carbocycles. The van der Waals surface area contributed by atoms with Crippen molar-refractivity contribution < 1.29 is 5.11 Å². The van der Waals surface area contributed by atoms with Gasteiger partial charge in [-0.25, -0.2) is 0 Å². The summed E-state index contributed by atoms with van der Waals surface area (Å²) in [5, 5.41) is 10.0. The second-order valence-electron chi connectivity index (χ2n) is 7.07. The molecule has 0 aliphatic heterocycles. The van der Waals surface area contributed by atoms with E-state index in [0.29, 0.717) is 0 Å². The normalized spacial score (nSPS) is 17.7. The van der Waals surface area contributed by atoms with E-state index in [1.165, 1.54) is 75.5 Å². The number of aryl methyl sites for hydroxylation is 1. The predicted molar refractivity (Wildman–Crippen MR) is 97.6 cm³/mol. The first kappa shape index (κ1) is 18.0. The summed E-state index contributed by atoms with van der Waals surface area (Å²) in [4.78, 5) is 2.62. The van der Waals surface area contributed by atoms with Crippen LogP contribution in [0.2, 0.25) is 0 Å². The maximum atomic E-state index is 10.0. The van der Waals surface area contributed by atoms with Crippen molar-refractivity contribution in [3.8, 4) is 0 Å². The Balaban J connectivity index is 1.53.